The number of amides is 1. The zero-order valence-corrected chi connectivity index (χ0v) is 18.2. The molecule has 8 heteroatoms. The van der Waals surface area contributed by atoms with E-state index in [4.69, 9.17) is 4.74 Å². The van der Waals surface area contributed by atoms with Crippen LogP contribution >= 0.6 is 0 Å². The molecule has 2 aromatic rings. The van der Waals surface area contributed by atoms with E-state index >= 15 is 0 Å². The lowest BCUT2D eigenvalue weighted by atomic mass is 9.74. The van der Waals surface area contributed by atoms with E-state index in [0.717, 1.165) is 11.1 Å². The van der Waals surface area contributed by atoms with Crippen molar-refractivity contribution in [2.75, 3.05) is 29.8 Å². The van der Waals surface area contributed by atoms with Gasteiger partial charge in [0.25, 0.3) is 0 Å². The first-order chi connectivity index (χ1) is 14.9. The lowest BCUT2D eigenvalue weighted by molar-refractivity contribution is -0.136. The highest BCUT2D eigenvalue weighted by Crippen LogP contribution is 2.35. The van der Waals surface area contributed by atoms with Crippen molar-refractivity contribution < 1.29 is 22.3 Å². The number of carbonyl (C=O) groups is 1. The molecule has 2 fully saturated rings. The summed E-state index contributed by atoms with van der Waals surface area (Å²) < 4.78 is 44.7. The zero-order chi connectivity index (χ0) is 21.9. The minimum absolute atomic E-state index is 0.0636. The van der Waals surface area contributed by atoms with Crippen LogP contribution in [-0.4, -0.2) is 39.8 Å². The monoisotopic (exact) mass is 446 g/mol. The SMILES string of the molecule is O=C(NCc1ccc(N2CCCS2(=O)=O)cc1)C1(Cc2cccc(F)c2)CCOCC1. The average Bonchev–Trinajstić information content (AvgIpc) is 3.12. The van der Waals surface area contributed by atoms with Gasteiger partial charge in [-0.3, -0.25) is 9.10 Å². The molecule has 0 saturated carbocycles. The molecular weight excluding hydrogens is 419 g/mol. The van der Waals surface area contributed by atoms with Gasteiger partial charge in [0.2, 0.25) is 15.9 Å². The van der Waals surface area contributed by atoms with Gasteiger partial charge in [-0.05, 0) is 61.1 Å². The normalized spacial score (nSPS) is 19.8. The molecule has 2 aliphatic rings. The van der Waals surface area contributed by atoms with E-state index in [9.17, 15) is 17.6 Å². The zero-order valence-electron chi connectivity index (χ0n) is 17.3. The Labute approximate surface area is 182 Å². The van der Waals surface area contributed by atoms with E-state index < -0.39 is 15.4 Å². The lowest BCUT2D eigenvalue weighted by Crippen LogP contribution is -2.45. The number of nitrogens with zero attached hydrogens (tertiary/aromatic N) is 1. The quantitative estimate of drug-likeness (QED) is 0.740. The molecule has 0 spiro atoms. The van der Waals surface area contributed by atoms with Gasteiger partial charge in [-0.25, -0.2) is 12.8 Å². The van der Waals surface area contributed by atoms with Crippen LogP contribution in [0.1, 0.15) is 30.4 Å². The smallest absolute Gasteiger partial charge is 0.235 e. The Bertz CT molecular complexity index is 1030. The van der Waals surface area contributed by atoms with Crippen LogP contribution in [0.25, 0.3) is 0 Å². The van der Waals surface area contributed by atoms with Gasteiger partial charge >= 0.3 is 0 Å². The number of anilines is 1. The van der Waals surface area contributed by atoms with Gasteiger partial charge in [-0.15, -0.1) is 0 Å². The molecule has 0 unspecified atom stereocenters. The Morgan fingerprint density at radius 1 is 1.10 bits per heavy atom. The summed E-state index contributed by atoms with van der Waals surface area (Å²) in [6.07, 6.45) is 2.27. The summed E-state index contributed by atoms with van der Waals surface area (Å²) in [6.45, 7) is 1.85. The van der Waals surface area contributed by atoms with Gasteiger partial charge in [0.05, 0.1) is 16.9 Å². The third-order valence-corrected chi connectivity index (χ3v) is 8.01. The van der Waals surface area contributed by atoms with Crippen LogP contribution in [0.15, 0.2) is 48.5 Å². The lowest BCUT2D eigenvalue weighted by Gasteiger charge is -2.36. The van der Waals surface area contributed by atoms with E-state index in [1.165, 1.54) is 16.4 Å². The Hall–Kier alpha value is -2.45. The van der Waals surface area contributed by atoms with Crippen molar-refractivity contribution >= 4 is 21.6 Å². The van der Waals surface area contributed by atoms with E-state index in [2.05, 4.69) is 5.32 Å². The van der Waals surface area contributed by atoms with Gasteiger partial charge in [-0.1, -0.05) is 24.3 Å². The molecule has 2 saturated heterocycles. The highest BCUT2D eigenvalue weighted by atomic mass is 32.2. The predicted molar refractivity (Wildman–Crippen MR) is 117 cm³/mol. The number of carbonyl (C=O) groups excluding carboxylic acids is 1. The summed E-state index contributed by atoms with van der Waals surface area (Å²) in [6, 6.07) is 13.6. The molecule has 166 valence electrons. The van der Waals surface area contributed by atoms with E-state index in [0.29, 0.717) is 57.7 Å². The fourth-order valence-electron chi connectivity index (χ4n) is 4.36. The second-order valence-electron chi connectivity index (χ2n) is 8.29. The van der Waals surface area contributed by atoms with E-state index in [1.54, 1.807) is 18.2 Å². The standard InChI is InChI=1S/C23H27FN2O4S/c24-20-4-1-3-19(15-20)16-23(9-12-30-13-10-23)22(27)25-17-18-5-7-21(8-6-18)26-11-2-14-31(26,28)29/h1,3-8,15H,2,9-14,16-17H2,(H,25,27). The van der Waals surface area contributed by atoms with Gasteiger partial charge in [-0.2, -0.15) is 0 Å². The summed E-state index contributed by atoms with van der Waals surface area (Å²) in [7, 11) is -3.21. The number of ether oxygens (including phenoxy) is 1. The molecule has 6 nitrogen and oxygen atoms in total. The molecule has 0 aliphatic carbocycles. The highest BCUT2D eigenvalue weighted by Gasteiger charge is 2.40. The minimum Gasteiger partial charge on any atom is -0.381 e. The van der Waals surface area contributed by atoms with Crippen LogP contribution in [0.3, 0.4) is 0 Å². The van der Waals surface area contributed by atoms with E-state index in [-0.39, 0.29) is 17.5 Å². The van der Waals surface area contributed by atoms with Crippen molar-refractivity contribution in [2.45, 2.75) is 32.2 Å². The number of nitrogens with one attached hydrogen (secondary N) is 1. The number of benzene rings is 2. The Morgan fingerprint density at radius 3 is 2.48 bits per heavy atom. The topological polar surface area (TPSA) is 75.7 Å². The predicted octanol–water partition coefficient (Wildman–Crippen LogP) is 3.02. The number of hydrogen-bond donors (Lipinski definition) is 1. The van der Waals surface area contributed by atoms with Crippen LogP contribution in [0, 0.1) is 11.2 Å². The van der Waals surface area contributed by atoms with Crippen LogP contribution in [0.5, 0.6) is 0 Å². The highest BCUT2D eigenvalue weighted by molar-refractivity contribution is 7.93. The molecule has 0 radical (unpaired) electrons. The van der Waals surface area contributed by atoms with Crippen LogP contribution in [0.2, 0.25) is 0 Å². The molecule has 1 N–H and O–H groups in total. The number of hydrogen-bond acceptors (Lipinski definition) is 4. The largest absolute Gasteiger partial charge is 0.381 e. The molecule has 0 aromatic heterocycles. The second kappa shape index (κ2) is 8.96. The molecule has 2 aromatic carbocycles. The first-order valence-electron chi connectivity index (χ1n) is 10.6. The first-order valence-corrected chi connectivity index (χ1v) is 12.2. The summed E-state index contributed by atoms with van der Waals surface area (Å²) in [5.74, 6) is -0.187. The van der Waals surface area contributed by atoms with Gasteiger partial charge in [0.15, 0.2) is 0 Å². The number of sulfonamides is 1. The maximum atomic E-state index is 13.6. The van der Waals surface area contributed by atoms with Crippen molar-refractivity contribution in [3.8, 4) is 0 Å². The van der Waals surface area contributed by atoms with Gasteiger partial charge in [0, 0.05) is 26.3 Å². The average molecular weight is 447 g/mol. The molecule has 31 heavy (non-hydrogen) atoms. The fraction of sp³-hybridized carbons (Fsp3) is 0.435. The van der Waals surface area contributed by atoms with Crippen molar-refractivity contribution in [3.05, 3.63) is 65.5 Å². The number of halogens is 1. The Kier molecular flexibility index (Phi) is 6.29. The van der Waals surface area contributed by atoms with Gasteiger partial charge < -0.3 is 10.1 Å². The maximum Gasteiger partial charge on any atom is 0.235 e. The summed E-state index contributed by atoms with van der Waals surface area (Å²) >= 11 is 0. The second-order valence-corrected chi connectivity index (χ2v) is 10.3. The third kappa shape index (κ3) is 4.91. The maximum absolute atomic E-state index is 13.6. The molecular formula is C23H27FN2O4S. The fourth-order valence-corrected chi connectivity index (χ4v) is 5.93. The number of rotatable bonds is 6. The molecule has 2 aliphatic heterocycles. The third-order valence-electron chi connectivity index (χ3n) is 6.14. The Balaban J connectivity index is 1.43. The summed E-state index contributed by atoms with van der Waals surface area (Å²) in [4.78, 5) is 13.2. The van der Waals surface area contributed by atoms with E-state index in [1.807, 2.05) is 18.2 Å². The first kappa shape index (κ1) is 21.8. The van der Waals surface area contributed by atoms with Crippen LogP contribution in [0.4, 0.5) is 10.1 Å². The molecule has 4 rings (SSSR count). The van der Waals surface area contributed by atoms with Crippen LogP contribution in [-0.2, 0) is 32.5 Å². The van der Waals surface area contributed by atoms with Crippen LogP contribution < -0.4 is 9.62 Å². The van der Waals surface area contributed by atoms with Crippen molar-refractivity contribution in [1.82, 2.24) is 5.32 Å². The Morgan fingerprint density at radius 2 is 1.84 bits per heavy atom. The summed E-state index contributed by atoms with van der Waals surface area (Å²) in [5, 5.41) is 3.03. The van der Waals surface area contributed by atoms with Crippen molar-refractivity contribution in [1.29, 1.82) is 0 Å². The minimum atomic E-state index is -3.21. The summed E-state index contributed by atoms with van der Waals surface area (Å²) in [5.41, 5.74) is 1.71. The van der Waals surface area contributed by atoms with Gasteiger partial charge in [0.1, 0.15) is 5.82 Å². The molecule has 0 bridgehead atoms. The molecule has 2 heterocycles. The molecule has 0 atom stereocenters. The van der Waals surface area contributed by atoms with Crippen molar-refractivity contribution in [3.63, 3.8) is 0 Å². The molecule has 1 amide bonds. The van der Waals surface area contributed by atoms with Crippen molar-refractivity contribution in [2.24, 2.45) is 5.41 Å².